The maximum Gasteiger partial charge on any atom is 0.339 e. The van der Waals surface area contributed by atoms with Crippen molar-refractivity contribution in [3.8, 4) is 11.4 Å². The molecule has 2 aromatic carbocycles. The number of aromatic amines is 1. The van der Waals surface area contributed by atoms with Crippen LogP contribution in [0.2, 0.25) is 0 Å². The van der Waals surface area contributed by atoms with Crippen molar-refractivity contribution < 1.29 is 14.3 Å². The molecule has 4 nitrogen and oxygen atoms in total. The van der Waals surface area contributed by atoms with E-state index in [2.05, 4.69) is 9.97 Å². The van der Waals surface area contributed by atoms with Crippen LogP contribution in [-0.2, 0) is 0 Å². The van der Waals surface area contributed by atoms with E-state index in [-0.39, 0.29) is 11.1 Å². The van der Waals surface area contributed by atoms with E-state index >= 15 is 0 Å². The third kappa shape index (κ3) is 1.85. The number of fused-ring (bicyclic) bond motifs is 1. The number of nitrogens with zero attached hydrogens (tertiary/aromatic N) is 1. The zero-order chi connectivity index (χ0) is 13.4. The van der Waals surface area contributed by atoms with E-state index in [1.807, 2.05) is 18.2 Å². The molecule has 0 saturated carbocycles. The summed E-state index contributed by atoms with van der Waals surface area (Å²) in [5, 5.41) is 9.10. The van der Waals surface area contributed by atoms with E-state index in [1.165, 1.54) is 12.1 Å². The Hall–Kier alpha value is -2.69. The lowest BCUT2D eigenvalue weighted by Crippen LogP contribution is -2.03. The van der Waals surface area contributed by atoms with Gasteiger partial charge >= 0.3 is 5.97 Å². The number of halogens is 1. The fourth-order valence-corrected chi connectivity index (χ4v) is 2.02. The lowest BCUT2D eigenvalue weighted by atomic mass is 10.1. The van der Waals surface area contributed by atoms with Crippen molar-refractivity contribution in [2.24, 2.45) is 0 Å². The number of carboxylic acid groups (broad SMARTS) is 1. The van der Waals surface area contributed by atoms with E-state index in [4.69, 9.17) is 5.11 Å². The van der Waals surface area contributed by atoms with Gasteiger partial charge in [0.15, 0.2) is 0 Å². The average Bonchev–Trinajstić information content (AvgIpc) is 2.81. The quantitative estimate of drug-likeness (QED) is 0.740. The predicted octanol–water partition coefficient (Wildman–Crippen LogP) is 3.07. The van der Waals surface area contributed by atoms with Crippen LogP contribution >= 0.6 is 0 Å². The van der Waals surface area contributed by atoms with Gasteiger partial charge in [-0.25, -0.2) is 14.2 Å². The fraction of sp³-hybridized carbons (Fsp3) is 0. The lowest BCUT2D eigenvalue weighted by Gasteiger charge is -2.03. The summed E-state index contributed by atoms with van der Waals surface area (Å²) < 4.78 is 13.6. The van der Waals surface area contributed by atoms with Crippen LogP contribution < -0.4 is 0 Å². The van der Waals surface area contributed by atoms with Crippen molar-refractivity contribution in [2.75, 3.05) is 0 Å². The minimum atomic E-state index is -1.31. The molecule has 2 N–H and O–H groups in total. The van der Waals surface area contributed by atoms with Crippen molar-refractivity contribution in [3.05, 3.63) is 53.8 Å². The minimum absolute atomic E-state index is 0.240. The van der Waals surface area contributed by atoms with E-state index in [0.717, 1.165) is 11.6 Å². The second kappa shape index (κ2) is 4.20. The van der Waals surface area contributed by atoms with Crippen molar-refractivity contribution in [1.82, 2.24) is 9.97 Å². The Morgan fingerprint density at radius 3 is 2.68 bits per heavy atom. The molecule has 0 aliphatic rings. The molecule has 0 spiro atoms. The summed E-state index contributed by atoms with van der Waals surface area (Å²) in [6, 6.07) is 11.4. The summed E-state index contributed by atoms with van der Waals surface area (Å²) in [5.41, 5.74) is 1.35. The molecule has 0 saturated heterocycles. The molecule has 1 heterocycles. The van der Waals surface area contributed by atoms with Gasteiger partial charge in [-0.3, -0.25) is 0 Å². The van der Waals surface area contributed by atoms with E-state index < -0.39 is 11.8 Å². The first-order chi connectivity index (χ1) is 9.16. The van der Waals surface area contributed by atoms with E-state index in [1.54, 1.807) is 6.07 Å². The van der Waals surface area contributed by atoms with Crippen molar-refractivity contribution in [2.45, 2.75) is 0 Å². The molecule has 0 radical (unpaired) electrons. The van der Waals surface area contributed by atoms with Crippen LogP contribution in [0.3, 0.4) is 0 Å². The fourth-order valence-electron chi connectivity index (χ4n) is 2.02. The first kappa shape index (κ1) is 11.4. The molecule has 0 atom stereocenters. The monoisotopic (exact) mass is 256 g/mol. The lowest BCUT2D eigenvalue weighted by molar-refractivity contribution is 0.0692. The Morgan fingerprint density at radius 1 is 1.16 bits per heavy atom. The molecule has 3 aromatic rings. The molecule has 0 bridgehead atoms. The highest BCUT2D eigenvalue weighted by molar-refractivity contribution is 5.96. The molecule has 19 heavy (non-hydrogen) atoms. The third-order valence-electron chi connectivity index (χ3n) is 2.87. The average molecular weight is 256 g/mol. The molecule has 0 amide bonds. The predicted molar refractivity (Wildman–Crippen MR) is 68.4 cm³/mol. The summed E-state index contributed by atoms with van der Waals surface area (Å²) >= 11 is 0. The number of imidazole rings is 1. The number of carboxylic acids is 1. The Kier molecular flexibility index (Phi) is 2.52. The molecule has 1 aromatic heterocycles. The highest BCUT2D eigenvalue weighted by Gasteiger charge is 2.18. The molecular weight excluding hydrogens is 247 g/mol. The molecule has 94 valence electrons. The molecule has 3 rings (SSSR count). The SMILES string of the molecule is O=C(O)c1c(F)cccc1-c1nc2ccccc2[nH]1. The first-order valence-corrected chi connectivity index (χ1v) is 5.64. The van der Waals surface area contributed by atoms with Crippen LogP contribution in [0.4, 0.5) is 4.39 Å². The number of aromatic carboxylic acids is 1. The molecular formula is C14H9FN2O2. The second-order valence-corrected chi connectivity index (χ2v) is 4.07. The number of para-hydroxylation sites is 2. The molecule has 0 unspecified atom stereocenters. The topological polar surface area (TPSA) is 66.0 Å². The zero-order valence-corrected chi connectivity index (χ0v) is 9.72. The van der Waals surface area contributed by atoms with Crippen LogP contribution in [0.5, 0.6) is 0 Å². The number of hydrogen-bond acceptors (Lipinski definition) is 2. The van der Waals surface area contributed by atoms with Crippen LogP contribution in [0.25, 0.3) is 22.4 Å². The van der Waals surface area contributed by atoms with E-state index in [0.29, 0.717) is 11.3 Å². The number of aromatic nitrogens is 2. The van der Waals surface area contributed by atoms with Gasteiger partial charge in [0.05, 0.1) is 11.0 Å². The van der Waals surface area contributed by atoms with E-state index in [9.17, 15) is 9.18 Å². The summed E-state index contributed by atoms with van der Waals surface area (Å²) in [5.74, 6) is -1.74. The van der Waals surface area contributed by atoms with Gasteiger partial charge in [0.2, 0.25) is 0 Å². The summed E-state index contributed by atoms with van der Waals surface area (Å²) in [6.07, 6.45) is 0. The van der Waals surface area contributed by atoms with Gasteiger partial charge in [0, 0.05) is 5.56 Å². The summed E-state index contributed by atoms with van der Waals surface area (Å²) in [4.78, 5) is 18.4. The number of rotatable bonds is 2. The van der Waals surface area contributed by atoms with Gasteiger partial charge < -0.3 is 10.1 Å². The number of hydrogen-bond donors (Lipinski definition) is 2. The standard InChI is InChI=1S/C14H9FN2O2/c15-9-5-3-4-8(12(9)14(18)19)13-16-10-6-1-2-7-11(10)17-13/h1-7H,(H,16,17)(H,18,19). The normalized spacial score (nSPS) is 10.8. The number of H-pyrrole nitrogens is 1. The highest BCUT2D eigenvalue weighted by atomic mass is 19.1. The van der Waals surface area contributed by atoms with Gasteiger partial charge in [-0.2, -0.15) is 0 Å². The third-order valence-corrected chi connectivity index (χ3v) is 2.87. The van der Waals surface area contributed by atoms with Gasteiger partial charge in [-0.05, 0) is 18.2 Å². The molecule has 0 fully saturated rings. The largest absolute Gasteiger partial charge is 0.478 e. The number of benzene rings is 2. The highest BCUT2D eigenvalue weighted by Crippen LogP contribution is 2.25. The van der Waals surface area contributed by atoms with Crippen LogP contribution in [0.1, 0.15) is 10.4 Å². The Morgan fingerprint density at radius 2 is 1.95 bits per heavy atom. The second-order valence-electron chi connectivity index (χ2n) is 4.07. The Labute approximate surface area is 107 Å². The van der Waals surface area contributed by atoms with Crippen LogP contribution in [0, 0.1) is 5.82 Å². The van der Waals surface area contributed by atoms with Crippen LogP contribution in [-0.4, -0.2) is 21.0 Å². The number of nitrogens with one attached hydrogen (secondary N) is 1. The van der Waals surface area contributed by atoms with Gasteiger partial charge in [-0.1, -0.05) is 24.3 Å². The maximum absolute atomic E-state index is 13.6. The van der Waals surface area contributed by atoms with Gasteiger partial charge in [0.1, 0.15) is 17.2 Å². The van der Waals surface area contributed by atoms with Crippen molar-refractivity contribution in [3.63, 3.8) is 0 Å². The van der Waals surface area contributed by atoms with Crippen LogP contribution in [0.15, 0.2) is 42.5 Å². The number of carbonyl (C=O) groups is 1. The van der Waals surface area contributed by atoms with Gasteiger partial charge in [0.25, 0.3) is 0 Å². The maximum atomic E-state index is 13.6. The van der Waals surface area contributed by atoms with Crippen molar-refractivity contribution in [1.29, 1.82) is 0 Å². The molecule has 0 aliphatic heterocycles. The summed E-state index contributed by atoms with van der Waals surface area (Å²) in [7, 11) is 0. The Balaban J connectivity index is 2.27. The molecule has 5 heteroatoms. The molecule has 0 aliphatic carbocycles. The summed E-state index contributed by atoms with van der Waals surface area (Å²) in [6.45, 7) is 0. The smallest absolute Gasteiger partial charge is 0.339 e. The zero-order valence-electron chi connectivity index (χ0n) is 9.72. The Bertz CT molecular complexity index is 747. The van der Waals surface area contributed by atoms with Crippen molar-refractivity contribution >= 4 is 17.0 Å². The minimum Gasteiger partial charge on any atom is -0.478 e. The van der Waals surface area contributed by atoms with Gasteiger partial charge in [-0.15, -0.1) is 0 Å². The first-order valence-electron chi connectivity index (χ1n) is 5.64.